The van der Waals surface area contributed by atoms with Crippen LogP contribution in [-0.2, 0) is 9.53 Å². The largest absolute Gasteiger partial charge is 0.462 e. The van der Waals surface area contributed by atoms with Crippen LogP contribution >= 0.6 is 0 Å². The van der Waals surface area contributed by atoms with E-state index in [1.807, 2.05) is 0 Å². The molecular weight excluding hydrogens is 396 g/mol. The average molecular weight is 447 g/mol. The van der Waals surface area contributed by atoms with E-state index in [9.17, 15) is 9.90 Å². The predicted molar refractivity (Wildman–Crippen MR) is 130 cm³/mol. The first kappa shape index (κ1) is 24.6. The normalized spacial score (nSPS) is 45.5. The Bertz CT molecular complexity index is 684. The van der Waals surface area contributed by atoms with E-state index in [1.165, 1.54) is 51.4 Å². The summed E-state index contributed by atoms with van der Waals surface area (Å²) < 4.78 is 6.04. The van der Waals surface area contributed by atoms with Crippen molar-refractivity contribution in [3.63, 3.8) is 0 Å². The van der Waals surface area contributed by atoms with Crippen molar-refractivity contribution in [3.8, 4) is 0 Å². The van der Waals surface area contributed by atoms with Gasteiger partial charge >= 0.3 is 5.97 Å². The highest BCUT2D eigenvalue weighted by atomic mass is 16.5. The summed E-state index contributed by atoms with van der Waals surface area (Å²) in [5, 5.41) is 11.7. The van der Waals surface area contributed by atoms with E-state index in [4.69, 9.17) is 4.74 Å². The first-order valence-corrected chi connectivity index (χ1v) is 13.9. The lowest BCUT2D eigenvalue weighted by molar-refractivity contribution is -0.188. The molecule has 184 valence electrons. The molecule has 4 saturated carbocycles. The Labute approximate surface area is 197 Å². The summed E-state index contributed by atoms with van der Waals surface area (Å²) in [5.41, 5.74) is -0.0198. The highest BCUT2D eigenvalue weighted by Gasteiger charge is 2.63. The van der Waals surface area contributed by atoms with Gasteiger partial charge in [-0.3, -0.25) is 4.79 Å². The molecule has 0 amide bonds. The predicted octanol–water partition coefficient (Wildman–Crippen LogP) is 7.15. The van der Waals surface area contributed by atoms with Gasteiger partial charge in [-0.25, -0.2) is 0 Å². The van der Waals surface area contributed by atoms with Gasteiger partial charge in [-0.15, -0.1) is 0 Å². The molecule has 3 nitrogen and oxygen atoms in total. The Morgan fingerprint density at radius 3 is 2.44 bits per heavy atom. The third-order valence-electron chi connectivity index (χ3n) is 11.1. The third-order valence-corrected chi connectivity index (χ3v) is 11.1. The maximum Gasteiger partial charge on any atom is 0.302 e. The fourth-order valence-electron chi connectivity index (χ4n) is 9.73. The lowest BCUT2D eigenvalue weighted by atomic mass is 9.43. The van der Waals surface area contributed by atoms with Crippen molar-refractivity contribution in [2.24, 2.45) is 46.3 Å². The zero-order chi connectivity index (χ0) is 23.3. The maximum atomic E-state index is 12.0. The number of rotatable bonds is 6. The van der Waals surface area contributed by atoms with Crippen LogP contribution in [0.15, 0.2) is 0 Å². The Kier molecular flexibility index (Phi) is 6.83. The molecular formula is C29H50O3. The van der Waals surface area contributed by atoms with Gasteiger partial charge in [0.15, 0.2) is 0 Å². The number of aliphatic hydroxyl groups is 1. The fourth-order valence-corrected chi connectivity index (χ4v) is 9.73. The molecule has 0 aromatic carbocycles. The minimum Gasteiger partial charge on any atom is -0.462 e. The zero-order valence-corrected chi connectivity index (χ0v) is 21.8. The van der Waals surface area contributed by atoms with Gasteiger partial charge in [-0.05, 0) is 98.7 Å². The number of esters is 1. The van der Waals surface area contributed by atoms with Crippen molar-refractivity contribution in [1.82, 2.24) is 0 Å². The summed E-state index contributed by atoms with van der Waals surface area (Å²) in [6.45, 7) is 13.4. The summed E-state index contributed by atoms with van der Waals surface area (Å²) in [7, 11) is 0. The molecule has 1 N–H and O–H groups in total. The molecule has 0 aromatic heterocycles. The number of hydrogen-bond donors (Lipinski definition) is 1. The monoisotopic (exact) mass is 446 g/mol. The minimum atomic E-state index is -0.563. The zero-order valence-electron chi connectivity index (χ0n) is 21.8. The lowest BCUT2D eigenvalue weighted by Gasteiger charge is -2.62. The fraction of sp³-hybridized carbons (Fsp3) is 0.966. The molecule has 3 heteroatoms. The highest BCUT2D eigenvalue weighted by Crippen LogP contribution is 2.69. The maximum absolute atomic E-state index is 12.0. The van der Waals surface area contributed by atoms with Crippen LogP contribution in [-0.4, -0.2) is 22.8 Å². The van der Waals surface area contributed by atoms with Crippen molar-refractivity contribution >= 4 is 5.97 Å². The number of fused-ring (bicyclic) bond motifs is 5. The van der Waals surface area contributed by atoms with Crippen molar-refractivity contribution < 1.29 is 14.6 Å². The Morgan fingerprint density at radius 1 is 1.03 bits per heavy atom. The van der Waals surface area contributed by atoms with Crippen molar-refractivity contribution in [2.75, 3.05) is 0 Å². The average Bonchev–Trinajstić information content (AvgIpc) is 3.05. The second kappa shape index (κ2) is 8.90. The van der Waals surface area contributed by atoms with Gasteiger partial charge in [0.2, 0.25) is 0 Å². The highest BCUT2D eigenvalue weighted by molar-refractivity contribution is 5.66. The smallest absolute Gasteiger partial charge is 0.302 e. The van der Waals surface area contributed by atoms with Crippen LogP contribution in [0.4, 0.5) is 0 Å². The molecule has 0 spiro atoms. The van der Waals surface area contributed by atoms with Crippen LogP contribution in [0.2, 0.25) is 0 Å². The molecule has 0 aliphatic heterocycles. The van der Waals surface area contributed by atoms with E-state index in [0.29, 0.717) is 35.0 Å². The Balaban J connectivity index is 1.57. The van der Waals surface area contributed by atoms with Gasteiger partial charge in [-0.1, -0.05) is 53.4 Å². The second-order valence-electron chi connectivity index (χ2n) is 13.4. The van der Waals surface area contributed by atoms with Gasteiger partial charge in [0.05, 0.1) is 5.60 Å². The Hall–Kier alpha value is -0.570. The summed E-state index contributed by atoms with van der Waals surface area (Å²) in [5.74, 6) is 3.63. The summed E-state index contributed by atoms with van der Waals surface area (Å²) >= 11 is 0. The quantitative estimate of drug-likeness (QED) is 0.440. The number of hydrogen-bond acceptors (Lipinski definition) is 3. The van der Waals surface area contributed by atoms with Crippen LogP contribution in [0, 0.1) is 46.3 Å². The van der Waals surface area contributed by atoms with Gasteiger partial charge in [0.25, 0.3) is 0 Å². The summed E-state index contributed by atoms with van der Waals surface area (Å²) in [6, 6.07) is 0. The standard InChI is InChI=1S/C29H50O3/c1-19(2)10-9-16-29(6,31)26-13-12-22-21-18-25(32-20(3)30)24-11-7-8-15-27(24,4)23(21)14-17-28(22,26)5/h19,21-26,31H,7-18H2,1-6H3/t21?,22?,23?,24?,25-,26?,27+,28-,29-/m0/s1. The molecule has 0 saturated heterocycles. The Morgan fingerprint density at radius 2 is 1.75 bits per heavy atom. The molecule has 5 unspecified atom stereocenters. The van der Waals surface area contributed by atoms with Crippen molar-refractivity contribution in [2.45, 2.75) is 130 Å². The SMILES string of the molecule is CC(=O)O[C@H]1CC2C3CCC([C@@](C)(O)CCCC(C)C)[C@@]3(C)CCC2[C@@]2(C)CCCCC12. The first-order chi connectivity index (χ1) is 15.0. The number of ether oxygens (including phenoxy) is 1. The molecule has 4 rings (SSSR count). The van der Waals surface area contributed by atoms with E-state index < -0.39 is 5.60 Å². The molecule has 4 aliphatic carbocycles. The summed E-state index contributed by atoms with van der Waals surface area (Å²) in [4.78, 5) is 12.0. The lowest BCUT2D eigenvalue weighted by Crippen LogP contribution is -2.58. The number of carbonyl (C=O) groups is 1. The number of carbonyl (C=O) groups excluding carboxylic acids is 1. The minimum absolute atomic E-state index is 0.0997. The van der Waals surface area contributed by atoms with E-state index in [-0.39, 0.29) is 17.5 Å². The van der Waals surface area contributed by atoms with Gasteiger partial charge in [-0.2, -0.15) is 0 Å². The molecule has 9 atom stereocenters. The molecule has 0 aromatic rings. The van der Waals surface area contributed by atoms with Crippen LogP contribution in [0.3, 0.4) is 0 Å². The molecule has 32 heavy (non-hydrogen) atoms. The van der Waals surface area contributed by atoms with E-state index in [2.05, 4.69) is 34.6 Å². The molecule has 0 bridgehead atoms. The van der Waals surface area contributed by atoms with Crippen LogP contribution in [0.5, 0.6) is 0 Å². The van der Waals surface area contributed by atoms with Crippen LogP contribution < -0.4 is 0 Å². The molecule has 4 fully saturated rings. The third kappa shape index (κ3) is 4.18. The van der Waals surface area contributed by atoms with Gasteiger partial charge < -0.3 is 9.84 Å². The van der Waals surface area contributed by atoms with Crippen molar-refractivity contribution in [1.29, 1.82) is 0 Å². The van der Waals surface area contributed by atoms with Crippen molar-refractivity contribution in [3.05, 3.63) is 0 Å². The van der Waals surface area contributed by atoms with Gasteiger partial charge in [0, 0.05) is 12.8 Å². The molecule has 4 aliphatic rings. The van der Waals surface area contributed by atoms with E-state index >= 15 is 0 Å². The molecule has 0 radical (unpaired) electrons. The van der Waals surface area contributed by atoms with E-state index in [0.717, 1.165) is 31.6 Å². The van der Waals surface area contributed by atoms with Crippen LogP contribution in [0.1, 0.15) is 119 Å². The second-order valence-corrected chi connectivity index (χ2v) is 13.4. The molecule has 0 heterocycles. The van der Waals surface area contributed by atoms with Crippen LogP contribution in [0.25, 0.3) is 0 Å². The first-order valence-electron chi connectivity index (χ1n) is 13.9. The summed E-state index contributed by atoms with van der Waals surface area (Å²) in [6.07, 6.45) is 14.6. The van der Waals surface area contributed by atoms with E-state index in [1.54, 1.807) is 6.92 Å². The topological polar surface area (TPSA) is 46.5 Å². The van der Waals surface area contributed by atoms with Gasteiger partial charge in [0.1, 0.15) is 6.10 Å².